The van der Waals surface area contributed by atoms with Crippen molar-refractivity contribution in [1.29, 1.82) is 0 Å². The zero-order chi connectivity index (χ0) is 11.2. The lowest BCUT2D eigenvalue weighted by Gasteiger charge is -2.36. The third kappa shape index (κ3) is 3.87. The molecule has 1 heterocycles. The molecule has 1 aliphatic heterocycles. The van der Waals surface area contributed by atoms with Gasteiger partial charge in [0.15, 0.2) is 0 Å². The number of aliphatic hydroxyl groups excluding tert-OH is 1. The van der Waals surface area contributed by atoms with Gasteiger partial charge in [-0.1, -0.05) is 18.2 Å². The molecule has 0 atom stereocenters. The lowest BCUT2D eigenvalue weighted by molar-refractivity contribution is 0.291. The van der Waals surface area contributed by atoms with Gasteiger partial charge < -0.3 is 15.3 Å². The van der Waals surface area contributed by atoms with Crippen LogP contribution in [0.5, 0.6) is 0 Å². The number of nitrogens with one attached hydrogen (secondary N) is 1. The molecule has 0 radical (unpaired) electrons. The Morgan fingerprint density at radius 3 is 2.41 bits per heavy atom. The van der Waals surface area contributed by atoms with Gasteiger partial charge in [-0.2, -0.15) is 0 Å². The van der Waals surface area contributed by atoms with E-state index in [1.807, 2.05) is 6.07 Å². The first-order valence-corrected chi connectivity index (χ1v) is 6.05. The zero-order valence-corrected chi connectivity index (χ0v) is 10.8. The van der Waals surface area contributed by atoms with Crippen LogP contribution in [-0.2, 0) is 0 Å². The number of para-hydroxylation sites is 1. The van der Waals surface area contributed by atoms with Gasteiger partial charge in [0.2, 0.25) is 0 Å². The van der Waals surface area contributed by atoms with Crippen LogP contribution in [0.3, 0.4) is 0 Å². The molecule has 0 bridgehead atoms. The predicted octanol–water partition coefficient (Wildman–Crippen LogP) is 1.66. The molecule has 4 heteroatoms. The van der Waals surface area contributed by atoms with E-state index in [4.69, 9.17) is 0 Å². The van der Waals surface area contributed by atoms with E-state index in [1.54, 1.807) is 0 Å². The SMILES string of the molecule is Cl.OCCN(c1ccccc1)C1CCNCC1. The molecule has 0 unspecified atom stereocenters. The Morgan fingerprint density at radius 1 is 1.18 bits per heavy atom. The summed E-state index contributed by atoms with van der Waals surface area (Å²) in [6, 6.07) is 11.0. The van der Waals surface area contributed by atoms with Gasteiger partial charge in [0.25, 0.3) is 0 Å². The fourth-order valence-electron chi connectivity index (χ4n) is 2.37. The number of nitrogens with zero attached hydrogens (tertiary/aromatic N) is 1. The van der Waals surface area contributed by atoms with Crippen LogP contribution in [0.1, 0.15) is 12.8 Å². The Balaban J connectivity index is 0.00000144. The van der Waals surface area contributed by atoms with Gasteiger partial charge in [-0.3, -0.25) is 0 Å². The van der Waals surface area contributed by atoms with Gasteiger partial charge in [0.05, 0.1) is 6.61 Å². The molecule has 1 aliphatic rings. The summed E-state index contributed by atoms with van der Waals surface area (Å²) in [6.45, 7) is 3.12. The highest BCUT2D eigenvalue weighted by Gasteiger charge is 2.20. The summed E-state index contributed by atoms with van der Waals surface area (Å²) in [5, 5.41) is 12.5. The molecular formula is C13H21ClN2O. The molecular weight excluding hydrogens is 236 g/mol. The number of rotatable bonds is 4. The molecule has 1 aromatic carbocycles. The van der Waals surface area contributed by atoms with Gasteiger partial charge in [-0.25, -0.2) is 0 Å². The summed E-state index contributed by atoms with van der Waals surface area (Å²) in [4.78, 5) is 2.33. The van der Waals surface area contributed by atoms with Crippen molar-refractivity contribution >= 4 is 18.1 Å². The number of hydrogen-bond donors (Lipinski definition) is 2. The summed E-state index contributed by atoms with van der Waals surface area (Å²) in [6.07, 6.45) is 2.32. The molecule has 0 spiro atoms. The van der Waals surface area contributed by atoms with E-state index in [9.17, 15) is 5.11 Å². The predicted molar refractivity (Wildman–Crippen MR) is 74.0 cm³/mol. The number of aliphatic hydroxyl groups is 1. The fourth-order valence-corrected chi connectivity index (χ4v) is 2.37. The fraction of sp³-hybridized carbons (Fsp3) is 0.538. The van der Waals surface area contributed by atoms with Crippen LogP contribution >= 0.6 is 12.4 Å². The van der Waals surface area contributed by atoms with E-state index in [-0.39, 0.29) is 19.0 Å². The smallest absolute Gasteiger partial charge is 0.0606 e. The van der Waals surface area contributed by atoms with E-state index in [0.29, 0.717) is 6.04 Å². The Morgan fingerprint density at radius 2 is 1.82 bits per heavy atom. The van der Waals surface area contributed by atoms with Crippen molar-refractivity contribution in [2.45, 2.75) is 18.9 Å². The Bertz CT molecular complexity index is 302. The highest BCUT2D eigenvalue weighted by molar-refractivity contribution is 5.85. The summed E-state index contributed by atoms with van der Waals surface area (Å²) >= 11 is 0. The lowest BCUT2D eigenvalue weighted by Crippen LogP contribution is -2.44. The number of hydrogen-bond acceptors (Lipinski definition) is 3. The van der Waals surface area contributed by atoms with Crippen molar-refractivity contribution in [3.05, 3.63) is 30.3 Å². The third-order valence-electron chi connectivity index (χ3n) is 3.18. The molecule has 17 heavy (non-hydrogen) atoms. The number of piperidine rings is 1. The van der Waals surface area contributed by atoms with E-state index in [0.717, 1.165) is 32.5 Å². The summed E-state index contributed by atoms with van der Waals surface area (Å²) in [5.74, 6) is 0. The maximum absolute atomic E-state index is 9.17. The van der Waals surface area contributed by atoms with E-state index in [2.05, 4.69) is 34.5 Å². The van der Waals surface area contributed by atoms with Gasteiger partial charge in [0, 0.05) is 18.3 Å². The van der Waals surface area contributed by atoms with E-state index >= 15 is 0 Å². The van der Waals surface area contributed by atoms with Crippen LogP contribution in [0, 0.1) is 0 Å². The van der Waals surface area contributed by atoms with Crippen molar-refractivity contribution < 1.29 is 5.11 Å². The second-order valence-electron chi connectivity index (χ2n) is 4.23. The zero-order valence-electron chi connectivity index (χ0n) is 10.0. The summed E-state index contributed by atoms with van der Waals surface area (Å²) in [7, 11) is 0. The normalized spacial score (nSPS) is 16.3. The molecule has 0 amide bonds. The first-order valence-electron chi connectivity index (χ1n) is 6.05. The third-order valence-corrected chi connectivity index (χ3v) is 3.18. The molecule has 1 aromatic rings. The van der Waals surface area contributed by atoms with Crippen molar-refractivity contribution in [3.8, 4) is 0 Å². The standard InChI is InChI=1S/C13H20N2O.ClH/c16-11-10-15(12-4-2-1-3-5-12)13-6-8-14-9-7-13;/h1-5,13-14,16H,6-11H2;1H. The van der Waals surface area contributed by atoms with Gasteiger partial charge >= 0.3 is 0 Å². The largest absolute Gasteiger partial charge is 0.395 e. The minimum Gasteiger partial charge on any atom is -0.395 e. The van der Waals surface area contributed by atoms with Gasteiger partial charge in [0.1, 0.15) is 0 Å². The summed E-state index contributed by atoms with van der Waals surface area (Å²) in [5.41, 5.74) is 1.23. The van der Waals surface area contributed by atoms with Gasteiger partial charge in [-0.05, 0) is 38.1 Å². The number of halogens is 1. The van der Waals surface area contributed by atoms with Crippen LogP contribution in [0.4, 0.5) is 5.69 Å². The van der Waals surface area contributed by atoms with Crippen LogP contribution in [-0.4, -0.2) is 37.4 Å². The van der Waals surface area contributed by atoms with Crippen LogP contribution in [0.15, 0.2) is 30.3 Å². The van der Waals surface area contributed by atoms with E-state index in [1.165, 1.54) is 5.69 Å². The molecule has 0 saturated carbocycles. The highest BCUT2D eigenvalue weighted by Crippen LogP contribution is 2.20. The van der Waals surface area contributed by atoms with Crippen molar-refractivity contribution in [2.24, 2.45) is 0 Å². The maximum atomic E-state index is 9.17. The Labute approximate surface area is 109 Å². The highest BCUT2D eigenvalue weighted by atomic mass is 35.5. The minimum absolute atomic E-state index is 0. The quantitative estimate of drug-likeness (QED) is 0.860. The van der Waals surface area contributed by atoms with E-state index < -0.39 is 0 Å². The lowest BCUT2D eigenvalue weighted by atomic mass is 10.0. The first kappa shape index (κ1) is 14.3. The van der Waals surface area contributed by atoms with Crippen LogP contribution in [0.25, 0.3) is 0 Å². The van der Waals surface area contributed by atoms with Crippen LogP contribution < -0.4 is 10.2 Å². The molecule has 1 saturated heterocycles. The Hall–Kier alpha value is -0.770. The second kappa shape index (κ2) is 7.54. The monoisotopic (exact) mass is 256 g/mol. The van der Waals surface area contributed by atoms with Crippen molar-refractivity contribution in [3.63, 3.8) is 0 Å². The minimum atomic E-state index is 0. The number of benzene rings is 1. The van der Waals surface area contributed by atoms with Gasteiger partial charge in [-0.15, -0.1) is 12.4 Å². The molecule has 0 aromatic heterocycles. The maximum Gasteiger partial charge on any atom is 0.0606 e. The average Bonchev–Trinajstić information content (AvgIpc) is 2.38. The molecule has 2 N–H and O–H groups in total. The topological polar surface area (TPSA) is 35.5 Å². The second-order valence-corrected chi connectivity index (χ2v) is 4.23. The molecule has 2 rings (SSSR count). The van der Waals surface area contributed by atoms with Crippen molar-refractivity contribution in [2.75, 3.05) is 31.1 Å². The Kier molecular flexibility index (Phi) is 6.34. The van der Waals surface area contributed by atoms with Crippen LogP contribution in [0.2, 0.25) is 0 Å². The molecule has 96 valence electrons. The molecule has 0 aliphatic carbocycles. The average molecular weight is 257 g/mol. The first-order chi connectivity index (χ1) is 7.92. The number of anilines is 1. The molecule has 1 fully saturated rings. The van der Waals surface area contributed by atoms with Crippen molar-refractivity contribution in [1.82, 2.24) is 5.32 Å². The summed E-state index contributed by atoms with van der Waals surface area (Å²) < 4.78 is 0. The molecule has 3 nitrogen and oxygen atoms in total.